The molecule has 1 atom stereocenters. The largest absolute Gasteiger partial charge is 0.338 e. The van der Waals surface area contributed by atoms with Gasteiger partial charge in [0.1, 0.15) is 11.6 Å². The first-order valence-electron chi connectivity index (χ1n) is 6.43. The minimum atomic E-state index is -0.658. The number of nitrogens with one attached hydrogen (secondary N) is 1. The zero-order valence-corrected chi connectivity index (χ0v) is 11.0. The molecular formula is C13H15F2N5. The van der Waals surface area contributed by atoms with Crippen molar-refractivity contribution in [1.29, 1.82) is 0 Å². The summed E-state index contributed by atoms with van der Waals surface area (Å²) in [6.45, 7) is 3.04. The molecular weight excluding hydrogens is 264 g/mol. The van der Waals surface area contributed by atoms with Gasteiger partial charge in [0, 0.05) is 25.2 Å². The molecule has 1 aliphatic heterocycles. The van der Waals surface area contributed by atoms with Crippen molar-refractivity contribution in [3.05, 3.63) is 29.3 Å². The van der Waals surface area contributed by atoms with E-state index in [9.17, 15) is 8.78 Å². The van der Waals surface area contributed by atoms with Gasteiger partial charge in [-0.1, -0.05) is 0 Å². The Morgan fingerprint density at radius 1 is 1.35 bits per heavy atom. The number of aromatic amines is 1. The molecule has 0 aliphatic carbocycles. The van der Waals surface area contributed by atoms with Crippen molar-refractivity contribution < 1.29 is 8.78 Å². The molecule has 3 rings (SSSR count). The number of hydrogen-bond acceptors (Lipinski definition) is 4. The van der Waals surface area contributed by atoms with Crippen LogP contribution in [-0.2, 0) is 0 Å². The molecule has 1 aromatic heterocycles. The summed E-state index contributed by atoms with van der Waals surface area (Å²) in [4.78, 5) is 6.21. The van der Waals surface area contributed by atoms with E-state index in [-0.39, 0.29) is 11.6 Å². The summed E-state index contributed by atoms with van der Waals surface area (Å²) >= 11 is 0. The highest BCUT2D eigenvalue weighted by Gasteiger charge is 2.23. The van der Waals surface area contributed by atoms with Gasteiger partial charge >= 0.3 is 0 Å². The van der Waals surface area contributed by atoms with Crippen molar-refractivity contribution in [2.45, 2.75) is 19.4 Å². The standard InChI is InChI=1S/C13H15F2N5/c1-7-4-9(11(15)5-10(7)14)12-17-13(19-18-12)20-3-2-8(16)6-20/h4-5,8H,2-3,6,16H2,1H3,(H,17,18,19). The SMILES string of the molecule is Cc1cc(-c2nc(N3CCC(N)C3)n[nH]2)c(F)cc1F. The number of nitrogens with two attached hydrogens (primary N) is 1. The number of aryl methyl sites for hydroxylation is 1. The third kappa shape index (κ3) is 2.24. The maximum atomic E-state index is 13.8. The Kier molecular flexibility index (Phi) is 3.13. The Hall–Kier alpha value is -2.02. The molecule has 2 heterocycles. The quantitative estimate of drug-likeness (QED) is 0.876. The highest BCUT2D eigenvalue weighted by molar-refractivity contribution is 5.58. The number of anilines is 1. The lowest BCUT2D eigenvalue weighted by Crippen LogP contribution is -2.26. The number of hydrogen-bond donors (Lipinski definition) is 2. The van der Waals surface area contributed by atoms with E-state index in [1.54, 1.807) is 6.92 Å². The fourth-order valence-corrected chi connectivity index (χ4v) is 2.32. The normalized spacial score (nSPS) is 18.8. The molecule has 2 aromatic rings. The average molecular weight is 279 g/mol. The Balaban J connectivity index is 1.92. The van der Waals surface area contributed by atoms with Crippen LogP contribution in [0, 0.1) is 18.6 Å². The fourth-order valence-electron chi connectivity index (χ4n) is 2.32. The summed E-state index contributed by atoms with van der Waals surface area (Å²) in [5.74, 6) is -0.444. The molecule has 0 radical (unpaired) electrons. The zero-order chi connectivity index (χ0) is 14.3. The van der Waals surface area contributed by atoms with Gasteiger partial charge < -0.3 is 10.6 Å². The van der Waals surface area contributed by atoms with Crippen molar-refractivity contribution in [1.82, 2.24) is 15.2 Å². The molecule has 0 bridgehead atoms. The van der Waals surface area contributed by atoms with Gasteiger partial charge in [-0.2, -0.15) is 4.98 Å². The first kappa shape index (κ1) is 13.0. The lowest BCUT2D eigenvalue weighted by molar-refractivity contribution is 0.579. The number of halogens is 2. The second kappa shape index (κ2) is 4.82. The van der Waals surface area contributed by atoms with Crippen LogP contribution < -0.4 is 10.6 Å². The Morgan fingerprint density at radius 3 is 2.85 bits per heavy atom. The van der Waals surface area contributed by atoms with Crippen LogP contribution in [0.5, 0.6) is 0 Å². The fraction of sp³-hybridized carbons (Fsp3) is 0.385. The molecule has 0 saturated carbocycles. The van der Waals surface area contributed by atoms with Gasteiger partial charge in [0.2, 0.25) is 5.95 Å². The minimum Gasteiger partial charge on any atom is -0.338 e. The predicted octanol–water partition coefficient (Wildman–Crippen LogP) is 1.60. The number of rotatable bonds is 2. The van der Waals surface area contributed by atoms with Gasteiger partial charge in [0.15, 0.2) is 5.82 Å². The van der Waals surface area contributed by atoms with Gasteiger partial charge in [-0.3, -0.25) is 5.10 Å². The van der Waals surface area contributed by atoms with Gasteiger partial charge in [-0.25, -0.2) is 8.78 Å². The topological polar surface area (TPSA) is 70.8 Å². The third-order valence-corrected chi connectivity index (χ3v) is 3.48. The Bertz CT molecular complexity index is 640. The van der Waals surface area contributed by atoms with Crippen molar-refractivity contribution in [2.24, 2.45) is 5.73 Å². The second-order valence-corrected chi connectivity index (χ2v) is 5.06. The molecule has 1 unspecified atom stereocenters. The molecule has 20 heavy (non-hydrogen) atoms. The molecule has 1 aliphatic rings. The van der Waals surface area contributed by atoms with E-state index in [1.807, 2.05) is 4.90 Å². The molecule has 7 heteroatoms. The van der Waals surface area contributed by atoms with Crippen LogP contribution in [0.25, 0.3) is 11.4 Å². The summed E-state index contributed by atoms with van der Waals surface area (Å²) in [6, 6.07) is 2.39. The van der Waals surface area contributed by atoms with Crippen LogP contribution in [0.3, 0.4) is 0 Å². The number of benzene rings is 1. The van der Waals surface area contributed by atoms with Crippen LogP contribution in [0.1, 0.15) is 12.0 Å². The van der Waals surface area contributed by atoms with Crippen molar-refractivity contribution in [3.8, 4) is 11.4 Å². The monoisotopic (exact) mass is 279 g/mol. The summed E-state index contributed by atoms with van der Waals surface area (Å²) in [6.07, 6.45) is 0.883. The van der Waals surface area contributed by atoms with Gasteiger partial charge in [-0.05, 0) is 25.0 Å². The molecule has 5 nitrogen and oxygen atoms in total. The van der Waals surface area contributed by atoms with Crippen molar-refractivity contribution >= 4 is 5.95 Å². The predicted molar refractivity (Wildman–Crippen MR) is 71.3 cm³/mol. The summed E-state index contributed by atoms with van der Waals surface area (Å²) in [5.41, 5.74) is 6.41. The molecule has 1 fully saturated rings. The van der Waals surface area contributed by atoms with Crippen LogP contribution in [-0.4, -0.2) is 34.3 Å². The summed E-state index contributed by atoms with van der Waals surface area (Å²) < 4.78 is 27.1. The first-order valence-corrected chi connectivity index (χ1v) is 6.43. The van der Waals surface area contributed by atoms with Crippen LogP contribution >= 0.6 is 0 Å². The van der Waals surface area contributed by atoms with E-state index in [1.165, 1.54) is 6.07 Å². The molecule has 3 N–H and O–H groups in total. The lowest BCUT2D eigenvalue weighted by atomic mass is 10.1. The molecule has 0 spiro atoms. The number of aromatic nitrogens is 3. The van der Waals surface area contributed by atoms with Crippen LogP contribution in [0.2, 0.25) is 0 Å². The highest BCUT2D eigenvalue weighted by atomic mass is 19.1. The molecule has 106 valence electrons. The average Bonchev–Trinajstić information content (AvgIpc) is 3.02. The van der Waals surface area contributed by atoms with E-state index in [2.05, 4.69) is 15.2 Å². The molecule has 0 amide bonds. The van der Waals surface area contributed by atoms with Crippen molar-refractivity contribution in [2.75, 3.05) is 18.0 Å². The first-order chi connectivity index (χ1) is 9.54. The third-order valence-electron chi connectivity index (χ3n) is 3.48. The van der Waals surface area contributed by atoms with E-state index in [0.717, 1.165) is 19.0 Å². The van der Waals surface area contributed by atoms with E-state index in [4.69, 9.17) is 5.73 Å². The van der Waals surface area contributed by atoms with Crippen molar-refractivity contribution in [3.63, 3.8) is 0 Å². The maximum absolute atomic E-state index is 13.8. The Morgan fingerprint density at radius 2 is 2.15 bits per heavy atom. The molecule has 1 aromatic carbocycles. The smallest absolute Gasteiger partial charge is 0.245 e. The number of H-pyrrole nitrogens is 1. The Labute approximate surface area is 114 Å². The summed E-state index contributed by atoms with van der Waals surface area (Å²) in [7, 11) is 0. The minimum absolute atomic E-state index is 0.113. The van der Waals surface area contributed by atoms with Gasteiger partial charge in [0.05, 0.1) is 5.56 Å². The lowest BCUT2D eigenvalue weighted by Gasteiger charge is -2.11. The zero-order valence-electron chi connectivity index (χ0n) is 11.0. The van der Waals surface area contributed by atoms with E-state index in [0.29, 0.717) is 23.9 Å². The van der Waals surface area contributed by atoms with Crippen LogP contribution in [0.4, 0.5) is 14.7 Å². The van der Waals surface area contributed by atoms with Crippen LogP contribution in [0.15, 0.2) is 12.1 Å². The second-order valence-electron chi connectivity index (χ2n) is 5.06. The molecule has 1 saturated heterocycles. The number of nitrogens with zero attached hydrogens (tertiary/aromatic N) is 3. The van der Waals surface area contributed by atoms with E-state index >= 15 is 0 Å². The highest BCUT2D eigenvalue weighted by Crippen LogP contribution is 2.24. The van der Waals surface area contributed by atoms with E-state index < -0.39 is 11.6 Å². The van der Waals surface area contributed by atoms with Gasteiger partial charge in [-0.15, -0.1) is 5.10 Å². The van der Waals surface area contributed by atoms with Gasteiger partial charge in [0.25, 0.3) is 0 Å². The summed E-state index contributed by atoms with van der Waals surface area (Å²) in [5, 5.41) is 6.77. The maximum Gasteiger partial charge on any atom is 0.245 e.